The lowest BCUT2D eigenvalue weighted by Gasteiger charge is -2.20. The highest BCUT2D eigenvalue weighted by molar-refractivity contribution is 6.31. The molecule has 0 radical (unpaired) electrons. The van der Waals surface area contributed by atoms with E-state index < -0.39 is 0 Å². The van der Waals surface area contributed by atoms with Crippen molar-refractivity contribution < 1.29 is 4.79 Å². The molecule has 2 N–H and O–H groups in total. The van der Waals surface area contributed by atoms with Crippen LogP contribution in [-0.4, -0.2) is 22.4 Å². The van der Waals surface area contributed by atoms with Gasteiger partial charge in [-0.05, 0) is 42.7 Å². The summed E-state index contributed by atoms with van der Waals surface area (Å²) in [6, 6.07) is 14.9. The third kappa shape index (κ3) is 4.09. The van der Waals surface area contributed by atoms with Crippen LogP contribution in [0.2, 0.25) is 5.02 Å². The lowest BCUT2D eigenvalue weighted by Crippen LogP contribution is -2.25. The zero-order chi connectivity index (χ0) is 21.3. The monoisotopic (exact) mass is 422 g/mol. The van der Waals surface area contributed by atoms with Crippen molar-refractivity contribution in [3.63, 3.8) is 0 Å². The number of aryl methyl sites for hydroxylation is 1. The van der Waals surface area contributed by atoms with Crippen LogP contribution in [0.4, 0.5) is 11.6 Å². The molecule has 4 rings (SSSR count). The Kier molecular flexibility index (Phi) is 5.59. The van der Waals surface area contributed by atoms with Crippen molar-refractivity contribution in [1.82, 2.24) is 9.97 Å². The number of aromatic nitrogens is 2. The molecule has 6 nitrogen and oxygen atoms in total. The van der Waals surface area contributed by atoms with Crippen LogP contribution in [0, 0.1) is 13.8 Å². The third-order valence-electron chi connectivity index (χ3n) is 5.58. The number of halogens is 1. The number of rotatable bonds is 5. The van der Waals surface area contributed by atoms with E-state index in [1.54, 1.807) is 4.90 Å². The second kappa shape index (κ2) is 8.32. The zero-order valence-electron chi connectivity index (χ0n) is 16.9. The van der Waals surface area contributed by atoms with Gasteiger partial charge in [-0.15, -0.1) is 0 Å². The predicted octanol–water partition coefficient (Wildman–Crippen LogP) is 4.17. The molecule has 1 saturated heterocycles. The van der Waals surface area contributed by atoms with Gasteiger partial charge in [-0.3, -0.25) is 14.6 Å². The van der Waals surface area contributed by atoms with Crippen molar-refractivity contribution in [1.29, 1.82) is 0 Å². The summed E-state index contributed by atoms with van der Waals surface area (Å²) in [5, 5.41) is 3.77. The Morgan fingerprint density at radius 1 is 1.17 bits per heavy atom. The molecule has 30 heavy (non-hydrogen) atoms. The van der Waals surface area contributed by atoms with Gasteiger partial charge in [0, 0.05) is 42.2 Å². The van der Waals surface area contributed by atoms with Crippen LogP contribution in [-0.2, 0) is 11.3 Å². The van der Waals surface area contributed by atoms with E-state index in [0.29, 0.717) is 36.2 Å². The van der Waals surface area contributed by atoms with E-state index in [0.717, 1.165) is 22.4 Å². The van der Waals surface area contributed by atoms with E-state index in [1.807, 2.05) is 56.3 Å². The molecule has 3 aromatic rings. The maximum absolute atomic E-state index is 12.7. The SMILES string of the molecule is Cc1cccc(N2CC(c3cc(=O)[nH]c(NCc4ccccc4Cl)n3)CC2=O)c1C. The van der Waals surface area contributed by atoms with E-state index in [4.69, 9.17) is 11.6 Å². The van der Waals surface area contributed by atoms with E-state index in [1.165, 1.54) is 6.07 Å². The average molecular weight is 423 g/mol. The first-order valence-corrected chi connectivity index (χ1v) is 10.3. The van der Waals surface area contributed by atoms with Gasteiger partial charge in [-0.1, -0.05) is 41.9 Å². The summed E-state index contributed by atoms with van der Waals surface area (Å²) >= 11 is 6.20. The number of benzene rings is 2. The molecule has 1 amide bonds. The highest BCUT2D eigenvalue weighted by atomic mass is 35.5. The van der Waals surface area contributed by atoms with Gasteiger partial charge in [0.15, 0.2) is 0 Å². The zero-order valence-corrected chi connectivity index (χ0v) is 17.7. The number of hydrogen-bond donors (Lipinski definition) is 2. The Bertz CT molecular complexity index is 1160. The van der Waals surface area contributed by atoms with Gasteiger partial charge in [-0.25, -0.2) is 4.98 Å². The van der Waals surface area contributed by atoms with E-state index in [2.05, 4.69) is 15.3 Å². The van der Waals surface area contributed by atoms with Gasteiger partial charge < -0.3 is 10.2 Å². The number of nitrogens with one attached hydrogen (secondary N) is 2. The first-order valence-electron chi connectivity index (χ1n) is 9.87. The predicted molar refractivity (Wildman–Crippen MR) is 119 cm³/mol. The lowest BCUT2D eigenvalue weighted by molar-refractivity contribution is -0.117. The van der Waals surface area contributed by atoms with E-state index >= 15 is 0 Å². The summed E-state index contributed by atoms with van der Waals surface area (Å²) in [7, 11) is 0. The van der Waals surface area contributed by atoms with Gasteiger partial charge in [-0.2, -0.15) is 0 Å². The summed E-state index contributed by atoms with van der Waals surface area (Å²) in [6.07, 6.45) is 0.327. The van der Waals surface area contributed by atoms with Crippen molar-refractivity contribution in [3.05, 3.63) is 86.3 Å². The van der Waals surface area contributed by atoms with Crippen molar-refractivity contribution in [3.8, 4) is 0 Å². The van der Waals surface area contributed by atoms with E-state index in [-0.39, 0.29) is 17.4 Å². The molecule has 1 aliphatic rings. The largest absolute Gasteiger partial charge is 0.352 e. The molecular weight excluding hydrogens is 400 g/mol. The highest BCUT2D eigenvalue weighted by Gasteiger charge is 2.33. The Morgan fingerprint density at radius 2 is 1.97 bits per heavy atom. The average Bonchev–Trinajstić information content (AvgIpc) is 3.11. The molecule has 1 unspecified atom stereocenters. The fourth-order valence-corrected chi connectivity index (χ4v) is 3.96. The quantitative estimate of drug-likeness (QED) is 0.646. The molecule has 0 spiro atoms. The fourth-order valence-electron chi connectivity index (χ4n) is 3.76. The van der Waals surface area contributed by atoms with Crippen LogP contribution < -0.4 is 15.8 Å². The highest BCUT2D eigenvalue weighted by Crippen LogP contribution is 2.33. The van der Waals surface area contributed by atoms with Gasteiger partial charge in [0.2, 0.25) is 11.9 Å². The van der Waals surface area contributed by atoms with Crippen molar-refractivity contribution in [2.75, 3.05) is 16.8 Å². The Balaban J connectivity index is 1.54. The van der Waals surface area contributed by atoms with Crippen LogP contribution in [0.5, 0.6) is 0 Å². The van der Waals surface area contributed by atoms with Crippen molar-refractivity contribution in [2.24, 2.45) is 0 Å². The first-order chi connectivity index (χ1) is 14.4. The number of aromatic amines is 1. The number of anilines is 2. The number of amides is 1. The number of H-pyrrole nitrogens is 1. The van der Waals surface area contributed by atoms with Gasteiger partial charge in [0.05, 0.1) is 5.69 Å². The van der Waals surface area contributed by atoms with Crippen LogP contribution in [0.15, 0.2) is 53.3 Å². The molecule has 1 fully saturated rings. The summed E-state index contributed by atoms with van der Waals surface area (Å²) in [5.41, 5.74) is 4.42. The molecule has 0 saturated carbocycles. The molecule has 2 heterocycles. The van der Waals surface area contributed by atoms with Gasteiger partial charge in [0.1, 0.15) is 0 Å². The number of carbonyl (C=O) groups is 1. The Labute approximate surface area is 179 Å². The fraction of sp³-hybridized carbons (Fsp3) is 0.261. The van der Waals surface area contributed by atoms with Crippen molar-refractivity contribution in [2.45, 2.75) is 32.7 Å². The van der Waals surface area contributed by atoms with Gasteiger partial charge >= 0.3 is 0 Å². The minimum Gasteiger partial charge on any atom is -0.352 e. The minimum atomic E-state index is -0.251. The Hall–Kier alpha value is -3.12. The van der Waals surface area contributed by atoms with Crippen molar-refractivity contribution >= 4 is 29.1 Å². The summed E-state index contributed by atoms with van der Waals surface area (Å²) < 4.78 is 0. The summed E-state index contributed by atoms with van der Waals surface area (Å²) in [6.45, 7) is 4.99. The molecule has 0 aliphatic carbocycles. The standard InChI is InChI=1S/C23H23ClN4O2/c1-14-6-5-9-20(15(14)2)28-13-17(10-22(28)30)19-11-21(29)27-23(26-19)25-12-16-7-3-4-8-18(16)24/h3-9,11,17H,10,12-13H2,1-2H3,(H2,25,26,27,29). The smallest absolute Gasteiger partial charge is 0.252 e. The van der Waals surface area contributed by atoms with Crippen LogP contribution in [0.3, 0.4) is 0 Å². The van der Waals surface area contributed by atoms with Crippen LogP contribution in [0.1, 0.15) is 34.7 Å². The lowest BCUT2D eigenvalue weighted by atomic mass is 10.0. The Morgan fingerprint density at radius 3 is 2.77 bits per heavy atom. The molecule has 7 heteroatoms. The molecule has 1 atom stereocenters. The maximum Gasteiger partial charge on any atom is 0.252 e. The van der Waals surface area contributed by atoms with E-state index in [9.17, 15) is 9.59 Å². The number of hydrogen-bond acceptors (Lipinski definition) is 4. The third-order valence-corrected chi connectivity index (χ3v) is 5.94. The molecular formula is C23H23ClN4O2. The number of carbonyl (C=O) groups excluding carboxylic acids is 1. The number of nitrogens with zero attached hydrogens (tertiary/aromatic N) is 2. The maximum atomic E-state index is 12.7. The second-order valence-corrected chi connectivity index (χ2v) is 8.00. The van der Waals surface area contributed by atoms with Crippen LogP contribution >= 0.6 is 11.6 Å². The molecule has 1 aromatic heterocycles. The van der Waals surface area contributed by atoms with Crippen LogP contribution in [0.25, 0.3) is 0 Å². The topological polar surface area (TPSA) is 78.1 Å². The molecule has 2 aromatic carbocycles. The summed E-state index contributed by atoms with van der Waals surface area (Å²) in [4.78, 5) is 34.0. The minimum absolute atomic E-state index is 0.0429. The summed E-state index contributed by atoms with van der Waals surface area (Å²) in [5.74, 6) is 0.275. The molecule has 154 valence electrons. The normalized spacial score (nSPS) is 16.2. The second-order valence-electron chi connectivity index (χ2n) is 7.59. The first kappa shape index (κ1) is 20.2. The molecule has 1 aliphatic heterocycles. The molecule has 0 bridgehead atoms. The van der Waals surface area contributed by atoms with Gasteiger partial charge in [0.25, 0.3) is 5.56 Å².